The predicted octanol–water partition coefficient (Wildman–Crippen LogP) is 5.45. The lowest BCUT2D eigenvalue weighted by Gasteiger charge is -2.36. The van der Waals surface area contributed by atoms with E-state index in [9.17, 15) is 18.8 Å². The van der Waals surface area contributed by atoms with Gasteiger partial charge in [0.25, 0.3) is 5.91 Å². The Morgan fingerprint density at radius 3 is 2.44 bits per heavy atom. The molecule has 1 aliphatic heterocycles. The molecule has 0 saturated heterocycles. The van der Waals surface area contributed by atoms with Crippen LogP contribution >= 0.6 is 28.3 Å². The maximum Gasteiger partial charge on any atom is 0.258 e. The number of methoxy groups -OCH3 is 1. The van der Waals surface area contributed by atoms with E-state index in [4.69, 9.17) is 10.5 Å². The van der Waals surface area contributed by atoms with E-state index in [2.05, 4.69) is 21.2 Å². The Morgan fingerprint density at radius 1 is 1.07 bits per heavy atom. The summed E-state index contributed by atoms with van der Waals surface area (Å²) < 4.78 is 20.8. The van der Waals surface area contributed by atoms with Crippen LogP contribution in [-0.4, -0.2) is 44.0 Å². The maximum absolute atomic E-state index is 14.6. The smallest absolute Gasteiger partial charge is 0.258 e. The topological polar surface area (TPSA) is 105 Å². The molecule has 0 bridgehead atoms. The molecule has 8 nitrogen and oxygen atoms in total. The quantitative estimate of drug-likeness (QED) is 0.273. The molecule has 11 heteroatoms. The minimum Gasteiger partial charge on any atom is -0.496 e. The number of para-hydroxylation sites is 2. The molecule has 0 spiro atoms. The number of anilines is 2. The molecule has 5 rings (SSSR count). The number of benzene rings is 4. The van der Waals surface area contributed by atoms with Crippen molar-refractivity contribution >= 4 is 68.2 Å². The molecule has 43 heavy (non-hydrogen) atoms. The van der Waals surface area contributed by atoms with E-state index >= 15 is 0 Å². The maximum atomic E-state index is 14.6. The number of carbonyl (C=O) groups excluding carboxylic acids is 3. The molecule has 1 heterocycles. The number of primary amides is 1. The van der Waals surface area contributed by atoms with Gasteiger partial charge < -0.3 is 25.6 Å². The number of rotatable bonds is 7. The van der Waals surface area contributed by atoms with Crippen LogP contribution in [-0.2, 0) is 16.1 Å². The van der Waals surface area contributed by atoms with Crippen LogP contribution in [0.3, 0.4) is 0 Å². The number of amides is 3. The number of likely N-dealkylation sites (N-methyl/N-ethyl adjacent to an activating group) is 1. The third-order valence-corrected chi connectivity index (χ3v) is 8.52. The van der Waals surface area contributed by atoms with E-state index in [-0.39, 0.29) is 31.1 Å². The average molecular weight is 670 g/mol. The number of carbonyl (C=O) groups is 3. The summed E-state index contributed by atoms with van der Waals surface area (Å²) in [5.41, 5.74) is 6.09. The summed E-state index contributed by atoms with van der Waals surface area (Å²) in [6.07, 6.45) is 0. The van der Waals surface area contributed by atoms with Gasteiger partial charge in [-0.25, -0.2) is 4.39 Å². The molecular formula is C32H31BrClFN4O4. The van der Waals surface area contributed by atoms with E-state index in [1.54, 1.807) is 50.2 Å². The summed E-state index contributed by atoms with van der Waals surface area (Å²) in [4.78, 5) is 44.4. The molecule has 1 aliphatic rings. The van der Waals surface area contributed by atoms with Gasteiger partial charge in [0.15, 0.2) is 0 Å². The van der Waals surface area contributed by atoms with E-state index in [0.717, 1.165) is 26.9 Å². The van der Waals surface area contributed by atoms with Crippen LogP contribution in [0.15, 0.2) is 83.3 Å². The first-order chi connectivity index (χ1) is 20.1. The number of hydrogen-bond donors (Lipinski definition) is 2. The summed E-state index contributed by atoms with van der Waals surface area (Å²) in [6, 6.07) is 22.0. The molecule has 3 amide bonds. The highest BCUT2D eigenvalue weighted by atomic mass is 79.9. The number of fused-ring (bicyclic) bond motifs is 2. The SMILES string of the molecule is CNC(C)(C(N)=O)[C@@H]1CN(C(=O)c2cccc(F)c2)c2ccccc2N(Cc2c(OC)ccc3cc(Br)ccc23)C1=O.Cl. The lowest BCUT2D eigenvalue weighted by molar-refractivity contribution is -0.133. The van der Waals surface area contributed by atoms with Crippen molar-refractivity contribution in [2.24, 2.45) is 11.7 Å². The van der Waals surface area contributed by atoms with Gasteiger partial charge in [0, 0.05) is 22.1 Å². The minimum absolute atomic E-state index is 0. The van der Waals surface area contributed by atoms with Crippen molar-refractivity contribution in [3.05, 3.63) is 100 Å². The fourth-order valence-electron chi connectivity index (χ4n) is 5.48. The summed E-state index contributed by atoms with van der Waals surface area (Å²) in [6.45, 7) is 1.45. The van der Waals surface area contributed by atoms with Gasteiger partial charge in [-0.1, -0.05) is 46.3 Å². The molecule has 4 aromatic rings. The Bertz CT molecular complexity index is 1720. The van der Waals surface area contributed by atoms with Gasteiger partial charge in [-0.2, -0.15) is 0 Å². The van der Waals surface area contributed by atoms with Crippen LogP contribution in [0.4, 0.5) is 15.8 Å². The first kappa shape index (κ1) is 31.9. The molecule has 0 aromatic heterocycles. The van der Waals surface area contributed by atoms with Crippen LogP contribution in [0.25, 0.3) is 10.8 Å². The zero-order valence-electron chi connectivity index (χ0n) is 23.8. The number of nitrogens with zero attached hydrogens (tertiary/aromatic N) is 2. The molecule has 224 valence electrons. The van der Waals surface area contributed by atoms with E-state index < -0.39 is 35.0 Å². The lowest BCUT2D eigenvalue weighted by atomic mass is 9.83. The highest BCUT2D eigenvalue weighted by Crippen LogP contribution is 2.40. The zero-order valence-corrected chi connectivity index (χ0v) is 26.2. The summed E-state index contributed by atoms with van der Waals surface area (Å²) >= 11 is 3.52. The highest BCUT2D eigenvalue weighted by molar-refractivity contribution is 9.10. The van der Waals surface area contributed by atoms with Gasteiger partial charge in [-0.15, -0.1) is 12.4 Å². The summed E-state index contributed by atoms with van der Waals surface area (Å²) in [5.74, 6) is -2.76. The van der Waals surface area contributed by atoms with Crippen LogP contribution in [0.5, 0.6) is 5.75 Å². The normalized spacial score (nSPS) is 16.1. The Balaban J connectivity index is 0.00000423. The number of nitrogens with one attached hydrogen (secondary N) is 1. The zero-order chi connectivity index (χ0) is 30.2. The standard InChI is InChI=1S/C32H30BrFN4O4.ClH/c1-32(36-2,31(35)41)25-18-38(29(39)20-7-6-8-22(34)16-20)27-10-5-4-9-26(27)37(30(25)40)17-24-23-13-12-21(33)15-19(23)11-14-28(24)42-3;/h4-16,25,36H,17-18H2,1-3H3,(H2,35,41);1H/t25-,32?;/m1./s1. The molecule has 3 N–H and O–H groups in total. The van der Waals surface area contributed by atoms with Gasteiger partial charge >= 0.3 is 0 Å². The van der Waals surface area contributed by atoms with E-state index in [1.807, 2.05) is 30.3 Å². The van der Waals surface area contributed by atoms with Crippen molar-refractivity contribution in [3.63, 3.8) is 0 Å². The molecule has 0 fully saturated rings. The number of nitrogens with two attached hydrogens (primary N) is 1. The van der Waals surface area contributed by atoms with Gasteiger partial charge in [0.2, 0.25) is 11.8 Å². The van der Waals surface area contributed by atoms with Gasteiger partial charge in [-0.3, -0.25) is 14.4 Å². The van der Waals surface area contributed by atoms with Gasteiger partial charge in [0.1, 0.15) is 17.1 Å². The van der Waals surface area contributed by atoms with Crippen molar-refractivity contribution in [3.8, 4) is 5.75 Å². The van der Waals surface area contributed by atoms with Crippen molar-refractivity contribution in [1.82, 2.24) is 5.32 Å². The third-order valence-electron chi connectivity index (χ3n) is 8.02. The molecule has 0 radical (unpaired) electrons. The van der Waals surface area contributed by atoms with Crippen LogP contribution in [0, 0.1) is 11.7 Å². The summed E-state index contributed by atoms with van der Waals surface area (Å²) in [7, 11) is 3.11. The number of ether oxygens (including phenoxy) is 1. The Labute approximate surface area is 263 Å². The Morgan fingerprint density at radius 2 is 1.79 bits per heavy atom. The molecule has 0 saturated carbocycles. The van der Waals surface area contributed by atoms with Crippen molar-refractivity contribution in [2.75, 3.05) is 30.5 Å². The monoisotopic (exact) mass is 668 g/mol. The molecule has 2 atom stereocenters. The van der Waals surface area contributed by atoms with Crippen LogP contribution in [0.2, 0.25) is 0 Å². The molecule has 1 unspecified atom stereocenters. The van der Waals surface area contributed by atoms with Gasteiger partial charge in [-0.05, 0) is 73.3 Å². The lowest BCUT2D eigenvalue weighted by Crippen LogP contribution is -2.63. The first-order valence-corrected chi connectivity index (χ1v) is 14.1. The van der Waals surface area contributed by atoms with Crippen molar-refractivity contribution in [1.29, 1.82) is 0 Å². The third kappa shape index (κ3) is 5.82. The fourth-order valence-corrected chi connectivity index (χ4v) is 5.85. The molecular weight excluding hydrogens is 639 g/mol. The number of hydrogen-bond acceptors (Lipinski definition) is 5. The fraction of sp³-hybridized carbons (Fsp3) is 0.219. The summed E-state index contributed by atoms with van der Waals surface area (Å²) in [5, 5.41) is 4.75. The second-order valence-electron chi connectivity index (χ2n) is 10.3. The molecule has 4 aromatic carbocycles. The number of halogens is 3. The van der Waals surface area contributed by atoms with Crippen molar-refractivity contribution in [2.45, 2.75) is 19.0 Å². The second-order valence-corrected chi connectivity index (χ2v) is 11.2. The van der Waals surface area contributed by atoms with Crippen LogP contribution in [0.1, 0.15) is 22.8 Å². The second kappa shape index (κ2) is 12.7. The Kier molecular flexibility index (Phi) is 9.44. The van der Waals surface area contributed by atoms with Gasteiger partial charge in [0.05, 0.1) is 30.9 Å². The first-order valence-electron chi connectivity index (χ1n) is 13.3. The van der Waals surface area contributed by atoms with E-state index in [1.165, 1.54) is 23.1 Å². The van der Waals surface area contributed by atoms with E-state index in [0.29, 0.717) is 17.1 Å². The average Bonchev–Trinajstić information content (AvgIpc) is 3.10. The largest absolute Gasteiger partial charge is 0.496 e. The predicted molar refractivity (Wildman–Crippen MR) is 171 cm³/mol. The van der Waals surface area contributed by atoms with Crippen LogP contribution < -0.4 is 25.6 Å². The minimum atomic E-state index is -1.52. The molecule has 0 aliphatic carbocycles. The Hall–Kier alpha value is -3.99. The highest BCUT2D eigenvalue weighted by Gasteiger charge is 2.49. The van der Waals surface area contributed by atoms with Crippen molar-refractivity contribution < 1.29 is 23.5 Å².